The lowest BCUT2D eigenvalue weighted by Gasteiger charge is -2.37. The Morgan fingerprint density at radius 2 is 1.88 bits per heavy atom. The monoisotopic (exact) mass is 481 g/mol. The third-order valence-electron chi connectivity index (χ3n) is 7.18. The van der Waals surface area contributed by atoms with Crippen LogP contribution in [0.5, 0.6) is 0 Å². The number of thioether (sulfide) groups is 1. The summed E-state index contributed by atoms with van der Waals surface area (Å²) >= 11 is 3.64. The minimum atomic E-state index is 0.108. The summed E-state index contributed by atoms with van der Waals surface area (Å²) in [6.45, 7) is 10.5. The van der Waals surface area contributed by atoms with Crippen molar-refractivity contribution < 1.29 is 4.79 Å². The highest BCUT2D eigenvalue weighted by molar-refractivity contribution is 8.03. The Bertz CT molecular complexity index is 1050. The molecular weight excluding hydrogens is 446 g/mol. The number of nitrogens with one attached hydrogen (secondary N) is 1. The van der Waals surface area contributed by atoms with Crippen molar-refractivity contribution in [3.05, 3.63) is 55.1 Å². The zero-order chi connectivity index (χ0) is 22.8. The van der Waals surface area contributed by atoms with Gasteiger partial charge < -0.3 is 10.2 Å². The van der Waals surface area contributed by atoms with Crippen LogP contribution in [0.3, 0.4) is 0 Å². The molecule has 6 heteroatoms. The van der Waals surface area contributed by atoms with E-state index in [0.717, 1.165) is 56.3 Å². The zero-order valence-electron chi connectivity index (χ0n) is 19.9. The van der Waals surface area contributed by atoms with Gasteiger partial charge in [-0.25, -0.2) is 0 Å². The van der Waals surface area contributed by atoms with E-state index in [1.165, 1.54) is 52.9 Å². The molecule has 3 aliphatic rings. The van der Waals surface area contributed by atoms with E-state index in [4.69, 9.17) is 0 Å². The van der Waals surface area contributed by atoms with Crippen molar-refractivity contribution >= 4 is 40.8 Å². The number of nitrogens with zero attached hydrogens (tertiary/aromatic N) is 2. The number of piperazine rings is 1. The van der Waals surface area contributed by atoms with E-state index in [1.54, 1.807) is 22.2 Å². The van der Waals surface area contributed by atoms with Crippen molar-refractivity contribution in [2.45, 2.75) is 51.7 Å². The first-order chi connectivity index (χ1) is 16.1. The maximum atomic E-state index is 12.7. The van der Waals surface area contributed by atoms with Crippen LogP contribution in [-0.2, 0) is 23.4 Å². The van der Waals surface area contributed by atoms with Gasteiger partial charge in [0.1, 0.15) is 0 Å². The molecule has 33 heavy (non-hydrogen) atoms. The van der Waals surface area contributed by atoms with Crippen molar-refractivity contribution in [2.24, 2.45) is 0 Å². The Labute approximate surface area is 206 Å². The summed E-state index contributed by atoms with van der Waals surface area (Å²) in [5, 5.41) is 3.17. The lowest BCUT2D eigenvalue weighted by atomic mass is 9.95. The summed E-state index contributed by atoms with van der Waals surface area (Å²) in [5.74, 6) is 1.07. The summed E-state index contributed by atoms with van der Waals surface area (Å²) in [6.07, 6.45) is 8.25. The highest BCUT2D eigenvalue weighted by atomic mass is 32.2. The topological polar surface area (TPSA) is 35.6 Å². The summed E-state index contributed by atoms with van der Waals surface area (Å²) in [5.41, 5.74) is 7.18. The van der Waals surface area contributed by atoms with Gasteiger partial charge in [-0.1, -0.05) is 12.1 Å². The second kappa shape index (κ2) is 10.2. The fourth-order valence-corrected chi connectivity index (χ4v) is 7.79. The highest BCUT2D eigenvalue weighted by Gasteiger charge is 2.25. The van der Waals surface area contributed by atoms with Gasteiger partial charge >= 0.3 is 0 Å². The minimum Gasteiger partial charge on any atom is -0.369 e. The maximum Gasteiger partial charge on any atom is 0.257 e. The first kappa shape index (κ1) is 23.0. The third-order valence-corrected chi connectivity index (χ3v) is 9.51. The molecule has 0 bridgehead atoms. The molecule has 3 heterocycles. The van der Waals surface area contributed by atoms with Crippen LogP contribution in [0.2, 0.25) is 0 Å². The normalized spacial score (nSPS) is 18.5. The first-order valence-electron chi connectivity index (χ1n) is 12.4. The first-order valence-corrected chi connectivity index (χ1v) is 14.2. The minimum absolute atomic E-state index is 0.108. The lowest BCUT2D eigenvalue weighted by Crippen LogP contribution is -2.47. The Morgan fingerprint density at radius 3 is 2.73 bits per heavy atom. The number of thiophene rings is 1. The third kappa shape index (κ3) is 5.18. The van der Waals surface area contributed by atoms with Crippen LogP contribution >= 0.6 is 23.1 Å². The Morgan fingerprint density at radius 1 is 1.06 bits per heavy atom. The average Bonchev–Trinajstić information content (AvgIpc) is 3.21. The quantitative estimate of drug-likeness (QED) is 0.578. The van der Waals surface area contributed by atoms with Crippen LogP contribution in [-0.4, -0.2) is 50.1 Å². The average molecular weight is 482 g/mol. The molecule has 2 aliphatic heterocycles. The number of rotatable bonds is 6. The summed E-state index contributed by atoms with van der Waals surface area (Å²) < 4.78 is 0. The van der Waals surface area contributed by atoms with E-state index in [2.05, 4.69) is 53.2 Å². The number of benzene rings is 1. The number of hydrogen-bond donors (Lipinski definition) is 1. The molecule has 1 aromatic heterocycles. The van der Waals surface area contributed by atoms with E-state index in [1.807, 2.05) is 11.3 Å². The van der Waals surface area contributed by atoms with Crippen molar-refractivity contribution in [1.29, 1.82) is 0 Å². The van der Waals surface area contributed by atoms with Crippen molar-refractivity contribution in [1.82, 2.24) is 10.2 Å². The molecule has 0 atom stereocenters. The van der Waals surface area contributed by atoms with E-state index < -0.39 is 0 Å². The van der Waals surface area contributed by atoms with Crippen LogP contribution in [0.25, 0.3) is 6.08 Å². The molecule has 0 spiro atoms. The van der Waals surface area contributed by atoms with E-state index in [9.17, 15) is 4.79 Å². The number of hydrogen-bond acceptors (Lipinski definition) is 5. The number of aryl methyl sites for hydroxylation is 3. The van der Waals surface area contributed by atoms with E-state index in [0.29, 0.717) is 0 Å². The molecule has 0 saturated carbocycles. The van der Waals surface area contributed by atoms with Crippen LogP contribution < -0.4 is 10.2 Å². The van der Waals surface area contributed by atoms with Crippen LogP contribution in [0, 0.1) is 13.8 Å². The molecule has 1 aromatic carbocycles. The maximum absolute atomic E-state index is 12.7. The SMILES string of the molecule is Cc1ccc(C)c(N2CCN(CCCNC(=O)C3=Cc4sc5c(c4CS3)CCCC5)CC2)c1. The second-order valence-corrected chi connectivity index (χ2v) is 11.7. The fraction of sp³-hybridized carbons (Fsp3) is 0.519. The second-order valence-electron chi connectivity index (χ2n) is 9.58. The molecule has 1 amide bonds. The molecule has 5 rings (SSSR count). The van der Waals surface area contributed by atoms with Crippen molar-refractivity contribution in [3.8, 4) is 0 Å². The van der Waals surface area contributed by atoms with Crippen LogP contribution in [0.4, 0.5) is 5.69 Å². The highest BCUT2D eigenvalue weighted by Crippen LogP contribution is 2.42. The molecule has 0 unspecified atom stereocenters. The predicted octanol–water partition coefficient (Wildman–Crippen LogP) is 5.16. The molecule has 0 radical (unpaired) electrons. The van der Waals surface area contributed by atoms with Crippen LogP contribution in [0.1, 0.15) is 51.3 Å². The summed E-state index contributed by atoms with van der Waals surface area (Å²) in [6, 6.07) is 6.73. The van der Waals surface area contributed by atoms with E-state index >= 15 is 0 Å². The predicted molar refractivity (Wildman–Crippen MR) is 142 cm³/mol. The van der Waals surface area contributed by atoms with Crippen molar-refractivity contribution in [3.63, 3.8) is 0 Å². The van der Waals surface area contributed by atoms with Gasteiger partial charge in [0.05, 0.1) is 4.91 Å². The summed E-state index contributed by atoms with van der Waals surface area (Å²) in [7, 11) is 0. The Hall–Kier alpha value is -1.76. The molecule has 1 saturated heterocycles. The zero-order valence-corrected chi connectivity index (χ0v) is 21.5. The molecule has 4 nitrogen and oxygen atoms in total. The van der Waals surface area contributed by atoms with Crippen LogP contribution in [0.15, 0.2) is 23.1 Å². The van der Waals surface area contributed by atoms with Gasteiger partial charge in [-0.05, 0) is 86.9 Å². The number of carbonyl (C=O) groups excluding carboxylic acids is 1. The van der Waals surface area contributed by atoms with Gasteiger partial charge in [0.2, 0.25) is 0 Å². The number of anilines is 1. The van der Waals surface area contributed by atoms with Gasteiger partial charge in [0, 0.05) is 53.9 Å². The smallest absolute Gasteiger partial charge is 0.257 e. The number of fused-ring (bicyclic) bond motifs is 3. The van der Waals surface area contributed by atoms with Gasteiger partial charge in [0.25, 0.3) is 5.91 Å². The van der Waals surface area contributed by atoms with E-state index in [-0.39, 0.29) is 5.91 Å². The molecule has 1 N–H and O–H groups in total. The summed E-state index contributed by atoms with van der Waals surface area (Å²) in [4.78, 5) is 21.6. The van der Waals surface area contributed by atoms with Crippen molar-refractivity contribution in [2.75, 3.05) is 44.2 Å². The number of amides is 1. The molecular formula is C27H35N3OS2. The molecule has 1 fully saturated rings. The largest absolute Gasteiger partial charge is 0.369 e. The van der Waals surface area contributed by atoms with Gasteiger partial charge in [-0.3, -0.25) is 9.69 Å². The van der Waals surface area contributed by atoms with Gasteiger partial charge in [-0.15, -0.1) is 23.1 Å². The molecule has 1 aliphatic carbocycles. The number of carbonyl (C=O) groups is 1. The Balaban J connectivity index is 1.06. The molecule has 176 valence electrons. The Kier molecular flexibility index (Phi) is 7.14. The standard InChI is InChI=1S/C27H35N3OS2/c1-19-8-9-20(2)23(16-19)30-14-12-29(13-15-30)11-5-10-28-27(31)26-17-25-22(18-32-26)21-6-3-4-7-24(21)33-25/h8-9,16-17H,3-7,10-15,18H2,1-2H3,(H,28,31). The van der Waals surface area contributed by atoms with Gasteiger partial charge in [-0.2, -0.15) is 0 Å². The molecule has 2 aromatic rings. The van der Waals surface area contributed by atoms with Gasteiger partial charge in [0.15, 0.2) is 0 Å². The lowest BCUT2D eigenvalue weighted by molar-refractivity contribution is -0.116. The fourth-order valence-electron chi connectivity index (χ4n) is 5.23.